The smallest absolute Gasteiger partial charge is 0.133 e. The predicted molar refractivity (Wildman–Crippen MR) is 42.0 cm³/mol. The highest BCUT2D eigenvalue weighted by atomic mass is 16.5. The SMILES string of the molecule is C1COC2=C(CCCC2)OC1. The van der Waals surface area contributed by atoms with Crippen molar-refractivity contribution < 1.29 is 9.47 Å². The summed E-state index contributed by atoms with van der Waals surface area (Å²) in [5.74, 6) is 2.27. The van der Waals surface area contributed by atoms with Crippen molar-refractivity contribution in [3.8, 4) is 0 Å². The summed E-state index contributed by atoms with van der Waals surface area (Å²) in [5, 5.41) is 0. The molecule has 2 heteroatoms. The number of rotatable bonds is 0. The summed E-state index contributed by atoms with van der Waals surface area (Å²) >= 11 is 0. The van der Waals surface area contributed by atoms with E-state index in [0.29, 0.717) is 0 Å². The molecule has 0 aromatic rings. The third kappa shape index (κ3) is 1.50. The van der Waals surface area contributed by atoms with Gasteiger partial charge in [-0.1, -0.05) is 0 Å². The first-order chi connectivity index (χ1) is 5.47. The molecule has 0 fully saturated rings. The molecule has 1 heterocycles. The minimum atomic E-state index is 0.846. The third-order valence-corrected chi connectivity index (χ3v) is 2.21. The van der Waals surface area contributed by atoms with Crippen LogP contribution in [0.25, 0.3) is 0 Å². The summed E-state index contributed by atoms with van der Waals surface area (Å²) in [6, 6.07) is 0. The van der Waals surface area contributed by atoms with Crippen LogP contribution in [-0.2, 0) is 9.47 Å². The Morgan fingerprint density at radius 1 is 0.727 bits per heavy atom. The fraction of sp³-hybridized carbons (Fsp3) is 0.778. The van der Waals surface area contributed by atoms with Crippen molar-refractivity contribution in [2.75, 3.05) is 13.2 Å². The van der Waals surface area contributed by atoms with Crippen molar-refractivity contribution >= 4 is 0 Å². The Kier molecular flexibility index (Phi) is 2.01. The van der Waals surface area contributed by atoms with E-state index in [0.717, 1.165) is 44.0 Å². The normalized spacial score (nSPS) is 24.7. The molecule has 0 N–H and O–H groups in total. The van der Waals surface area contributed by atoms with Crippen LogP contribution >= 0.6 is 0 Å². The molecule has 0 radical (unpaired) electrons. The molecule has 0 saturated carbocycles. The molecule has 0 spiro atoms. The highest BCUT2D eigenvalue weighted by molar-refractivity contribution is 5.05. The molecule has 0 saturated heterocycles. The molecule has 2 aliphatic rings. The van der Waals surface area contributed by atoms with Gasteiger partial charge in [0.2, 0.25) is 0 Å². The molecule has 11 heavy (non-hydrogen) atoms. The fourth-order valence-electron chi connectivity index (χ4n) is 1.60. The maximum atomic E-state index is 5.56. The van der Waals surface area contributed by atoms with E-state index in [4.69, 9.17) is 9.47 Å². The lowest BCUT2D eigenvalue weighted by Crippen LogP contribution is -2.02. The zero-order chi connectivity index (χ0) is 7.52. The number of hydrogen-bond acceptors (Lipinski definition) is 2. The molecule has 1 aliphatic heterocycles. The van der Waals surface area contributed by atoms with Crippen molar-refractivity contribution in [1.82, 2.24) is 0 Å². The standard InChI is InChI=1S/C9H14O2/c1-2-5-9-8(4-1)10-6-3-7-11-9/h1-7H2. The van der Waals surface area contributed by atoms with Gasteiger partial charge in [0.25, 0.3) is 0 Å². The van der Waals surface area contributed by atoms with Crippen molar-refractivity contribution in [3.05, 3.63) is 11.5 Å². The van der Waals surface area contributed by atoms with Crippen LogP contribution in [0.4, 0.5) is 0 Å². The van der Waals surface area contributed by atoms with Gasteiger partial charge in [-0.05, 0) is 12.8 Å². The van der Waals surface area contributed by atoms with Crippen LogP contribution in [0.5, 0.6) is 0 Å². The second-order valence-corrected chi connectivity index (χ2v) is 3.10. The monoisotopic (exact) mass is 154 g/mol. The van der Waals surface area contributed by atoms with Crippen molar-refractivity contribution in [3.63, 3.8) is 0 Å². The van der Waals surface area contributed by atoms with Crippen LogP contribution in [0.1, 0.15) is 32.1 Å². The lowest BCUT2D eigenvalue weighted by molar-refractivity contribution is 0.189. The topological polar surface area (TPSA) is 18.5 Å². The number of ether oxygens (including phenoxy) is 2. The zero-order valence-corrected chi connectivity index (χ0v) is 6.77. The van der Waals surface area contributed by atoms with Crippen LogP contribution in [0.15, 0.2) is 11.5 Å². The van der Waals surface area contributed by atoms with Crippen LogP contribution in [0, 0.1) is 0 Å². The Labute approximate surface area is 67.2 Å². The second-order valence-electron chi connectivity index (χ2n) is 3.10. The van der Waals surface area contributed by atoms with Gasteiger partial charge in [0.1, 0.15) is 11.5 Å². The van der Waals surface area contributed by atoms with E-state index in [1.165, 1.54) is 12.8 Å². The molecular formula is C9H14O2. The second kappa shape index (κ2) is 3.16. The third-order valence-electron chi connectivity index (χ3n) is 2.21. The summed E-state index contributed by atoms with van der Waals surface area (Å²) in [6.07, 6.45) is 5.75. The van der Waals surface area contributed by atoms with E-state index in [1.54, 1.807) is 0 Å². The van der Waals surface area contributed by atoms with Gasteiger partial charge in [-0.25, -0.2) is 0 Å². The van der Waals surface area contributed by atoms with E-state index in [-0.39, 0.29) is 0 Å². The van der Waals surface area contributed by atoms with Crippen LogP contribution in [0.2, 0.25) is 0 Å². The molecule has 0 bridgehead atoms. The average molecular weight is 154 g/mol. The van der Waals surface area contributed by atoms with Gasteiger partial charge in [-0.2, -0.15) is 0 Å². The lowest BCUT2D eigenvalue weighted by Gasteiger charge is -2.17. The molecule has 0 amide bonds. The van der Waals surface area contributed by atoms with Gasteiger partial charge in [-0.15, -0.1) is 0 Å². The summed E-state index contributed by atoms with van der Waals surface area (Å²) in [4.78, 5) is 0. The van der Waals surface area contributed by atoms with E-state index >= 15 is 0 Å². The fourth-order valence-corrected chi connectivity index (χ4v) is 1.60. The Morgan fingerprint density at radius 3 is 1.82 bits per heavy atom. The first kappa shape index (κ1) is 7.01. The molecule has 2 nitrogen and oxygen atoms in total. The Balaban J connectivity index is 2.10. The molecule has 0 unspecified atom stereocenters. The lowest BCUT2D eigenvalue weighted by atomic mass is 10.0. The van der Waals surface area contributed by atoms with Crippen molar-refractivity contribution in [2.45, 2.75) is 32.1 Å². The summed E-state index contributed by atoms with van der Waals surface area (Å²) in [7, 11) is 0. The van der Waals surface area contributed by atoms with Gasteiger partial charge in [0.05, 0.1) is 13.2 Å². The molecule has 0 aromatic carbocycles. The summed E-state index contributed by atoms with van der Waals surface area (Å²) < 4.78 is 11.1. The van der Waals surface area contributed by atoms with Gasteiger partial charge in [0, 0.05) is 19.3 Å². The van der Waals surface area contributed by atoms with E-state index < -0.39 is 0 Å². The molecule has 0 atom stereocenters. The van der Waals surface area contributed by atoms with E-state index in [2.05, 4.69) is 0 Å². The number of allylic oxidation sites excluding steroid dienone is 2. The molecule has 2 rings (SSSR count). The first-order valence-corrected chi connectivity index (χ1v) is 4.44. The maximum Gasteiger partial charge on any atom is 0.133 e. The maximum absolute atomic E-state index is 5.56. The van der Waals surface area contributed by atoms with Crippen LogP contribution in [-0.4, -0.2) is 13.2 Å². The molecule has 62 valence electrons. The quantitative estimate of drug-likeness (QED) is 0.532. The largest absolute Gasteiger partial charge is 0.494 e. The van der Waals surface area contributed by atoms with Crippen LogP contribution < -0.4 is 0 Å². The highest BCUT2D eigenvalue weighted by Crippen LogP contribution is 2.27. The minimum Gasteiger partial charge on any atom is -0.494 e. The van der Waals surface area contributed by atoms with Gasteiger partial charge in [0.15, 0.2) is 0 Å². The predicted octanol–water partition coefficient (Wildman–Crippen LogP) is 2.21. The van der Waals surface area contributed by atoms with Crippen molar-refractivity contribution in [1.29, 1.82) is 0 Å². The summed E-state index contributed by atoms with van der Waals surface area (Å²) in [6.45, 7) is 1.69. The Bertz CT molecular complexity index is 154. The van der Waals surface area contributed by atoms with Gasteiger partial charge >= 0.3 is 0 Å². The molecule has 1 aliphatic carbocycles. The van der Waals surface area contributed by atoms with E-state index in [1.807, 2.05) is 0 Å². The first-order valence-electron chi connectivity index (χ1n) is 4.44. The van der Waals surface area contributed by atoms with Crippen LogP contribution in [0.3, 0.4) is 0 Å². The average Bonchev–Trinajstić information content (AvgIpc) is 2.28. The Hall–Kier alpha value is -0.660. The van der Waals surface area contributed by atoms with Gasteiger partial charge < -0.3 is 9.47 Å². The van der Waals surface area contributed by atoms with Crippen molar-refractivity contribution in [2.24, 2.45) is 0 Å². The number of hydrogen-bond donors (Lipinski definition) is 0. The molecular weight excluding hydrogens is 140 g/mol. The minimum absolute atomic E-state index is 0.846. The zero-order valence-electron chi connectivity index (χ0n) is 6.77. The van der Waals surface area contributed by atoms with E-state index in [9.17, 15) is 0 Å². The molecule has 0 aromatic heterocycles. The Morgan fingerprint density at radius 2 is 1.27 bits per heavy atom. The highest BCUT2D eigenvalue weighted by Gasteiger charge is 2.17. The van der Waals surface area contributed by atoms with Gasteiger partial charge in [-0.3, -0.25) is 0 Å². The summed E-state index contributed by atoms with van der Waals surface area (Å²) in [5.41, 5.74) is 0.